The van der Waals surface area contributed by atoms with Gasteiger partial charge in [-0.1, -0.05) is 42.5 Å². The zero-order valence-electron chi connectivity index (χ0n) is 18.9. The molecule has 0 aliphatic carbocycles. The van der Waals surface area contributed by atoms with Gasteiger partial charge in [0.2, 0.25) is 0 Å². The SMILES string of the molecule is COc1ccc(Cn2nnnc2[C@@H](c2ccccc2)N2CCN(C(=O)c3ccco3)CC2)cc1. The first-order valence-electron chi connectivity index (χ1n) is 11.2. The van der Waals surface area contributed by atoms with Crippen LogP contribution in [0, 0.1) is 0 Å². The second kappa shape index (κ2) is 9.88. The summed E-state index contributed by atoms with van der Waals surface area (Å²) in [4.78, 5) is 16.9. The Hall–Kier alpha value is -3.98. The molecule has 34 heavy (non-hydrogen) atoms. The van der Waals surface area contributed by atoms with Crippen molar-refractivity contribution >= 4 is 5.91 Å². The van der Waals surface area contributed by atoms with E-state index in [-0.39, 0.29) is 11.9 Å². The zero-order valence-corrected chi connectivity index (χ0v) is 18.9. The van der Waals surface area contributed by atoms with Gasteiger partial charge in [0.1, 0.15) is 5.75 Å². The predicted molar refractivity (Wildman–Crippen MR) is 124 cm³/mol. The number of carbonyl (C=O) groups is 1. The summed E-state index contributed by atoms with van der Waals surface area (Å²) in [5.41, 5.74) is 2.19. The van der Waals surface area contributed by atoms with Crippen LogP contribution in [0.15, 0.2) is 77.4 Å². The summed E-state index contributed by atoms with van der Waals surface area (Å²) in [5, 5.41) is 12.7. The fraction of sp³-hybridized carbons (Fsp3) is 0.280. The lowest BCUT2D eigenvalue weighted by Gasteiger charge is -2.38. The van der Waals surface area contributed by atoms with Gasteiger partial charge in [-0.3, -0.25) is 9.69 Å². The molecule has 0 saturated carbocycles. The van der Waals surface area contributed by atoms with E-state index in [1.54, 1.807) is 19.2 Å². The molecule has 0 N–H and O–H groups in total. The van der Waals surface area contributed by atoms with Crippen LogP contribution >= 0.6 is 0 Å². The molecule has 5 rings (SSSR count). The van der Waals surface area contributed by atoms with Gasteiger partial charge in [0.05, 0.1) is 26.0 Å². The molecule has 1 atom stereocenters. The largest absolute Gasteiger partial charge is 0.497 e. The third-order valence-electron chi connectivity index (χ3n) is 6.11. The Kier molecular flexibility index (Phi) is 6.35. The molecule has 0 unspecified atom stereocenters. The number of rotatable bonds is 7. The smallest absolute Gasteiger partial charge is 0.289 e. The molecular formula is C25H26N6O3. The number of furan rings is 1. The van der Waals surface area contributed by atoms with Gasteiger partial charge in [0, 0.05) is 26.2 Å². The second-order valence-electron chi connectivity index (χ2n) is 8.16. The van der Waals surface area contributed by atoms with E-state index in [1.165, 1.54) is 6.26 Å². The molecule has 9 heteroatoms. The summed E-state index contributed by atoms with van der Waals surface area (Å²) in [6.07, 6.45) is 1.53. The highest BCUT2D eigenvalue weighted by Crippen LogP contribution is 2.28. The van der Waals surface area contributed by atoms with E-state index < -0.39 is 0 Å². The number of nitrogens with zero attached hydrogens (tertiary/aromatic N) is 6. The van der Waals surface area contributed by atoms with Crippen molar-refractivity contribution in [3.8, 4) is 5.75 Å². The summed E-state index contributed by atoms with van der Waals surface area (Å²) >= 11 is 0. The Morgan fingerprint density at radius 1 is 1.00 bits per heavy atom. The van der Waals surface area contributed by atoms with Gasteiger partial charge < -0.3 is 14.1 Å². The number of piperazine rings is 1. The van der Waals surface area contributed by atoms with E-state index >= 15 is 0 Å². The first-order valence-corrected chi connectivity index (χ1v) is 11.2. The number of methoxy groups -OCH3 is 1. The third kappa shape index (κ3) is 4.55. The van der Waals surface area contributed by atoms with Crippen molar-refractivity contribution in [3.63, 3.8) is 0 Å². The molecule has 1 aliphatic rings. The number of benzene rings is 2. The minimum Gasteiger partial charge on any atom is -0.497 e. The minimum atomic E-state index is -0.129. The summed E-state index contributed by atoms with van der Waals surface area (Å²) < 4.78 is 12.4. The van der Waals surface area contributed by atoms with Crippen LogP contribution in [-0.4, -0.2) is 69.2 Å². The highest BCUT2D eigenvalue weighted by Gasteiger charge is 2.32. The minimum absolute atomic E-state index is 0.0785. The van der Waals surface area contributed by atoms with Crippen LogP contribution in [0.5, 0.6) is 5.75 Å². The number of ether oxygens (including phenoxy) is 1. The average molecular weight is 459 g/mol. The van der Waals surface area contributed by atoms with Crippen LogP contribution in [-0.2, 0) is 6.54 Å². The quantitative estimate of drug-likeness (QED) is 0.421. The molecule has 2 aromatic heterocycles. The maximum absolute atomic E-state index is 12.7. The van der Waals surface area contributed by atoms with Crippen LogP contribution in [0.1, 0.15) is 33.5 Å². The second-order valence-corrected chi connectivity index (χ2v) is 8.16. The Morgan fingerprint density at radius 3 is 2.44 bits per heavy atom. The van der Waals surface area contributed by atoms with Gasteiger partial charge in [-0.2, -0.15) is 0 Å². The summed E-state index contributed by atoms with van der Waals surface area (Å²) in [7, 11) is 1.65. The van der Waals surface area contributed by atoms with Crippen molar-refractivity contribution in [1.29, 1.82) is 0 Å². The van der Waals surface area contributed by atoms with Gasteiger partial charge >= 0.3 is 0 Å². The number of tetrazole rings is 1. The monoisotopic (exact) mass is 458 g/mol. The predicted octanol–water partition coefficient (Wildman–Crippen LogP) is 2.87. The zero-order chi connectivity index (χ0) is 23.3. The van der Waals surface area contributed by atoms with E-state index in [9.17, 15) is 4.79 Å². The molecule has 1 aliphatic heterocycles. The van der Waals surface area contributed by atoms with E-state index in [1.807, 2.05) is 52.0 Å². The maximum atomic E-state index is 12.7. The summed E-state index contributed by atoms with van der Waals surface area (Å²) in [5.74, 6) is 1.87. The maximum Gasteiger partial charge on any atom is 0.289 e. The Bertz CT molecular complexity index is 1200. The molecule has 3 heterocycles. The van der Waals surface area contributed by atoms with Crippen molar-refractivity contribution in [2.24, 2.45) is 0 Å². The number of hydrogen-bond donors (Lipinski definition) is 0. The van der Waals surface area contributed by atoms with Crippen LogP contribution in [0.2, 0.25) is 0 Å². The molecule has 4 aromatic rings. The van der Waals surface area contributed by atoms with E-state index in [0.29, 0.717) is 38.5 Å². The fourth-order valence-electron chi connectivity index (χ4n) is 4.32. The van der Waals surface area contributed by atoms with Gasteiger partial charge in [0.25, 0.3) is 5.91 Å². The lowest BCUT2D eigenvalue weighted by Crippen LogP contribution is -2.50. The fourth-order valence-corrected chi connectivity index (χ4v) is 4.32. The average Bonchev–Trinajstić information content (AvgIpc) is 3.59. The lowest BCUT2D eigenvalue weighted by molar-refractivity contribution is 0.0559. The molecule has 1 amide bonds. The van der Waals surface area contributed by atoms with Crippen LogP contribution < -0.4 is 4.74 Å². The van der Waals surface area contributed by atoms with Gasteiger partial charge in [-0.15, -0.1) is 5.10 Å². The summed E-state index contributed by atoms with van der Waals surface area (Å²) in [6.45, 7) is 3.14. The Labute approximate surface area is 197 Å². The third-order valence-corrected chi connectivity index (χ3v) is 6.11. The number of amides is 1. The van der Waals surface area contributed by atoms with Crippen molar-refractivity contribution in [3.05, 3.63) is 95.7 Å². The van der Waals surface area contributed by atoms with E-state index in [0.717, 1.165) is 22.7 Å². The first-order chi connectivity index (χ1) is 16.7. The van der Waals surface area contributed by atoms with E-state index in [4.69, 9.17) is 9.15 Å². The molecule has 0 radical (unpaired) electrons. The van der Waals surface area contributed by atoms with Crippen LogP contribution in [0.25, 0.3) is 0 Å². The molecule has 1 fully saturated rings. The molecule has 0 bridgehead atoms. The molecule has 0 spiro atoms. The van der Waals surface area contributed by atoms with Crippen LogP contribution in [0.3, 0.4) is 0 Å². The topological polar surface area (TPSA) is 89.5 Å². The number of carbonyl (C=O) groups excluding carboxylic acids is 1. The number of hydrogen-bond acceptors (Lipinski definition) is 7. The highest BCUT2D eigenvalue weighted by molar-refractivity contribution is 5.91. The van der Waals surface area contributed by atoms with Crippen molar-refractivity contribution < 1.29 is 13.9 Å². The standard InChI is InChI=1S/C25H26N6O3/c1-33-21-11-9-19(10-12-21)18-31-24(26-27-28-31)23(20-6-3-2-4-7-20)29-13-15-30(16-14-29)25(32)22-8-5-17-34-22/h2-12,17,23H,13-16,18H2,1H3/t23-/m1/s1. The Balaban J connectivity index is 1.38. The lowest BCUT2D eigenvalue weighted by atomic mass is 10.0. The first kappa shape index (κ1) is 21.8. The van der Waals surface area contributed by atoms with Crippen molar-refractivity contribution in [2.75, 3.05) is 33.3 Å². The molecule has 174 valence electrons. The van der Waals surface area contributed by atoms with Crippen molar-refractivity contribution in [1.82, 2.24) is 30.0 Å². The van der Waals surface area contributed by atoms with Gasteiger partial charge in [0.15, 0.2) is 11.6 Å². The highest BCUT2D eigenvalue weighted by atomic mass is 16.5. The summed E-state index contributed by atoms with van der Waals surface area (Å²) in [6, 6.07) is 21.4. The molecular weight excluding hydrogens is 432 g/mol. The van der Waals surface area contributed by atoms with Crippen molar-refractivity contribution in [2.45, 2.75) is 12.6 Å². The van der Waals surface area contributed by atoms with Gasteiger partial charge in [-0.25, -0.2) is 4.68 Å². The molecule has 9 nitrogen and oxygen atoms in total. The molecule has 1 saturated heterocycles. The van der Waals surface area contributed by atoms with Crippen LogP contribution in [0.4, 0.5) is 0 Å². The van der Waals surface area contributed by atoms with E-state index in [2.05, 4.69) is 32.6 Å². The number of aromatic nitrogens is 4. The Morgan fingerprint density at radius 2 is 1.76 bits per heavy atom. The molecule has 2 aromatic carbocycles. The normalized spacial score (nSPS) is 15.3. The van der Waals surface area contributed by atoms with Gasteiger partial charge in [-0.05, 0) is 45.8 Å².